The SMILES string of the molecule is BrCC1(CN2CCN(C3CCCC3)CC2)CCCCC1. The average Bonchev–Trinajstić information content (AvgIpc) is 3.03. The Hall–Kier alpha value is 0.400. The van der Waals surface area contributed by atoms with E-state index in [1.165, 1.54) is 95.8 Å². The lowest BCUT2D eigenvalue weighted by atomic mass is 9.75. The summed E-state index contributed by atoms with van der Waals surface area (Å²) in [7, 11) is 0. The van der Waals surface area contributed by atoms with Gasteiger partial charge in [0.1, 0.15) is 0 Å². The molecule has 1 heterocycles. The van der Waals surface area contributed by atoms with Crippen LogP contribution in [-0.2, 0) is 0 Å². The summed E-state index contributed by atoms with van der Waals surface area (Å²) < 4.78 is 0. The Bertz CT molecular complexity index is 287. The second-order valence-electron chi connectivity index (χ2n) is 7.44. The first-order valence-corrected chi connectivity index (χ1v) is 9.96. The van der Waals surface area contributed by atoms with Crippen molar-refractivity contribution in [3.05, 3.63) is 0 Å². The molecule has 3 rings (SSSR count). The Labute approximate surface area is 133 Å². The van der Waals surface area contributed by atoms with Crippen molar-refractivity contribution in [3.63, 3.8) is 0 Å². The van der Waals surface area contributed by atoms with Crippen molar-refractivity contribution in [2.45, 2.75) is 63.8 Å². The summed E-state index contributed by atoms with van der Waals surface area (Å²) in [5.74, 6) is 0. The molecule has 0 bridgehead atoms. The van der Waals surface area contributed by atoms with Crippen LogP contribution in [0.5, 0.6) is 0 Å². The van der Waals surface area contributed by atoms with Gasteiger partial charge in [-0.1, -0.05) is 48.0 Å². The monoisotopic (exact) mass is 342 g/mol. The highest BCUT2D eigenvalue weighted by atomic mass is 79.9. The van der Waals surface area contributed by atoms with Crippen LogP contribution in [-0.4, -0.2) is 53.9 Å². The Morgan fingerprint density at radius 1 is 0.850 bits per heavy atom. The van der Waals surface area contributed by atoms with Gasteiger partial charge in [-0.3, -0.25) is 4.90 Å². The van der Waals surface area contributed by atoms with Gasteiger partial charge in [0, 0.05) is 44.1 Å². The summed E-state index contributed by atoms with van der Waals surface area (Å²) >= 11 is 3.82. The van der Waals surface area contributed by atoms with Crippen LogP contribution in [0.3, 0.4) is 0 Å². The minimum absolute atomic E-state index is 0.591. The molecule has 116 valence electrons. The molecule has 0 aromatic carbocycles. The van der Waals surface area contributed by atoms with Crippen molar-refractivity contribution in [2.24, 2.45) is 5.41 Å². The molecule has 3 aliphatic rings. The number of hydrogen-bond donors (Lipinski definition) is 0. The molecular formula is C17H31BrN2. The van der Waals surface area contributed by atoms with Crippen molar-refractivity contribution >= 4 is 15.9 Å². The van der Waals surface area contributed by atoms with Crippen molar-refractivity contribution in [3.8, 4) is 0 Å². The highest BCUT2D eigenvalue weighted by molar-refractivity contribution is 9.09. The maximum Gasteiger partial charge on any atom is 0.0113 e. The van der Waals surface area contributed by atoms with Crippen molar-refractivity contribution in [1.29, 1.82) is 0 Å². The van der Waals surface area contributed by atoms with Crippen LogP contribution in [0.2, 0.25) is 0 Å². The zero-order valence-corrected chi connectivity index (χ0v) is 14.5. The van der Waals surface area contributed by atoms with Crippen molar-refractivity contribution in [1.82, 2.24) is 9.80 Å². The van der Waals surface area contributed by atoms with Gasteiger partial charge >= 0.3 is 0 Å². The zero-order valence-electron chi connectivity index (χ0n) is 13.0. The van der Waals surface area contributed by atoms with Crippen LogP contribution >= 0.6 is 15.9 Å². The molecule has 0 aromatic heterocycles. The Balaban J connectivity index is 1.47. The smallest absolute Gasteiger partial charge is 0.0113 e. The Morgan fingerprint density at radius 2 is 1.50 bits per heavy atom. The third-order valence-corrected chi connectivity index (χ3v) is 7.19. The molecule has 0 N–H and O–H groups in total. The highest BCUT2D eigenvalue weighted by Crippen LogP contribution is 2.38. The predicted molar refractivity (Wildman–Crippen MR) is 89.6 cm³/mol. The van der Waals surface area contributed by atoms with Gasteiger partial charge in [-0.15, -0.1) is 0 Å². The molecule has 0 amide bonds. The molecule has 0 aromatic rings. The lowest BCUT2D eigenvalue weighted by Gasteiger charge is -2.44. The number of nitrogens with zero attached hydrogens (tertiary/aromatic N) is 2. The van der Waals surface area contributed by atoms with E-state index in [0.29, 0.717) is 5.41 Å². The van der Waals surface area contributed by atoms with E-state index in [2.05, 4.69) is 25.7 Å². The standard InChI is InChI=1S/C17H31BrN2/c18-14-17(8-4-1-5-9-17)15-19-10-12-20(13-11-19)16-6-2-3-7-16/h16H,1-15H2. The fourth-order valence-corrected chi connectivity index (χ4v) is 5.40. The average molecular weight is 343 g/mol. The van der Waals surface area contributed by atoms with Crippen LogP contribution < -0.4 is 0 Å². The molecule has 1 saturated heterocycles. The first kappa shape index (κ1) is 15.3. The molecule has 0 unspecified atom stereocenters. The van der Waals surface area contributed by atoms with E-state index in [9.17, 15) is 0 Å². The number of rotatable bonds is 4. The topological polar surface area (TPSA) is 6.48 Å². The summed E-state index contributed by atoms with van der Waals surface area (Å²) in [6, 6.07) is 0.928. The van der Waals surface area contributed by atoms with Crippen LogP contribution in [0.15, 0.2) is 0 Å². The van der Waals surface area contributed by atoms with E-state index < -0.39 is 0 Å². The minimum atomic E-state index is 0.591. The van der Waals surface area contributed by atoms with Gasteiger partial charge in [-0.2, -0.15) is 0 Å². The Morgan fingerprint density at radius 3 is 2.10 bits per heavy atom. The second-order valence-corrected chi connectivity index (χ2v) is 8.01. The summed E-state index contributed by atoms with van der Waals surface area (Å²) in [5.41, 5.74) is 0.591. The highest BCUT2D eigenvalue weighted by Gasteiger charge is 2.34. The molecule has 2 saturated carbocycles. The fraction of sp³-hybridized carbons (Fsp3) is 1.00. The second kappa shape index (κ2) is 7.11. The van der Waals surface area contributed by atoms with Crippen LogP contribution in [0, 0.1) is 5.41 Å². The Kier molecular flexibility index (Phi) is 5.44. The molecule has 2 nitrogen and oxygen atoms in total. The fourth-order valence-electron chi connectivity index (χ4n) is 4.67. The first-order chi connectivity index (χ1) is 9.81. The number of alkyl halides is 1. The third-order valence-electron chi connectivity index (χ3n) is 6.00. The molecule has 0 atom stereocenters. The van der Waals surface area contributed by atoms with E-state index in [1.807, 2.05) is 0 Å². The lowest BCUT2D eigenvalue weighted by molar-refractivity contribution is 0.0579. The molecule has 20 heavy (non-hydrogen) atoms. The van der Waals surface area contributed by atoms with Gasteiger partial charge < -0.3 is 4.90 Å². The van der Waals surface area contributed by atoms with Gasteiger partial charge in [0.15, 0.2) is 0 Å². The molecular weight excluding hydrogens is 312 g/mol. The third kappa shape index (κ3) is 3.59. The predicted octanol–water partition coefficient (Wildman–Crippen LogP) is 3.89. The first-order valence-electron chi connectivity index (χ1n) is 8.84. The van der Waals surface area contributed by atoms with Gasteiger partial charge in [0.2, 0.25) is 0 Å². The van der Waals surface area contributed by atoms with E-state index in [0.717, 1.165) is 6.04 Å². The molecule has 2 aliphatic carbocycles. The zero-order chi connectivity index (χ0) is 13.8. The molecule has 1 aliphatic heterocycles. The van der Waals surface area contributed by atoms with Gasteiger partial charge in [-0.05, 0) is 31.1 Å². The van der Waals surface area contributed by atoms with Gasteiger partial charge in [0.05, 0.1) is 0 Å². The lowest BCUT2D eigenvalue weighted by Crippen LogP contribution is -2.52. The van der Waals surface area contributed by atoms with Gasteiger partial charge in [-0.25, -0.2) is 0 Å². The summed E-state index contributed by atoms with van der Waals surface area (Å²) in [4.78, 5) is 5.54. The summed E-state index contributed by atoms with van der Waals surface area (Å²) in [6.45, 7) is 6.61. The summed E-state index contributed by atoms with van der Waals surface area (Å²) in [6.07, 6.45) is 13.1. The largest absolute Gasteiger partial charge is 0.300 e. The maximum absolute atomic E-state index is 3.82. The number of piperazine rings is 1. The summed E-state index contributed by atoms with van der Waals surface area (Å²) in [5, 5.41) is 1.21. The quantitative estimate of drug-likeness (QED) is 0.715. The molecule has 3 heteroatoms. The number of hydrogen-bond acceptors (Lipinski definition) is 2. The maximum atomic E-state index is 3.82. The van der Waals surface area contributed by atoms with Crippen molar-refractivity contribution in [2.75, 3.05) is 38.1 Å². The van der Waals surface area contributed by atoms with Crippen molar-refractivity contribution < 1.29 is 0 Å². The van der Waals surface area contributed by atoms with Crippen LogP contribution in [0.25, 0.3) is 0 Å². The molecule has 0 spiro atoms. The van der Waals surface area contributed by atoms with E-state index in [1.54, 1.807) is 0 Å². The van der Waals surface area contributed by atoms with E-state index in [4.69, 9.17) is 0 Å². The minimum Gasteiger partial charge on any atom is -0.300 e. The van der Waals surface area contributed by atoms with E-state index in [-0.39, 0.29) is 0 Å². The van der Waals surface area contributed by atoms with Crippen LogP contribution in [0.1, 0.15) is 57.8 Å². The molecule has 0 radical (unpaired) electrons. The van der Waals surface area contributed by atoms with Gasteiger partial charge in [0.25, 0.3) is 0 Å². The normalized spacial score (nSPS) is 29.9. The molecule has 3 fully saturated rings. The van der Waals surface area contributed by atoms with E-state index >= 15 is 0 Å². The van der Waals surface area contributed by atoms with Crippen LogP contribution in [0.4, 0.5) is 0 Å². The number of halogens is 1.